The molecule has 0 aliphatic carbocycles. The van der Waals surface area contributed by atoms with Crippen LogP contribution in [0, 0.1) is 6.92 Å². The third-order valence-corrected chi connectivity index (χ3v) is 2.33. The van der Waals surface area contributed by atoms with Gasteiger partial charge in [0.25, 0.3) is 0 Å². The summed E-state index contributed by atoms with van der Waals surface area (Å²) in [5.41, 5.74) is 7.70. The second kappa shape index (κ2) is 3.74. The first-order chi connectivity index (χ1) is 7.20. The molecule has 0 aliphatic heterocycles. The fourth-order valence-corrected chi connectivity index (χ4v) is 1.45. The van der Waals surface area contributed by atoms with E-state index >= 15 is 0 Å². The number of nitrogen functional groups attached to an aromatic ring is 1. The summed E-state index contributed by atoms with van der Waals surface area (Å²) in [6.07, 6.45) is 3.82. The van der Waals surface area contributed by atoms with Crippen LogP contribution in [0.25, 0.3) is 0 Å². The first-order valence-electron chi connectivity index (χ1n) is 4.61. The number of pyridine rings is 1. The van der Waals surface area contributed by atoms with Crippen LogP contribution in [0.2, 0.25) is 0 Å². The number of aromatic nitrogens is 1. The molecule has 2 aromatic rings. The lowest BCUT2D eigenvalue weighted by atomic mass is 10.1. The van der Waals surface area contributed by atoms with Gasteiger partial charge in [0.1, 0.15) is 11.9 Å². The van der Waals surface area contributed by atoms with Gasteiger partial charge in [-0.3, -0.25) is 4.98 Å². The lowest BCUT2D eigenvalue weighted by molar-refractivity contribution is 0.188. The molecule has 1 atom stereocenters. The summed E-state index contributed by atoms with van der Waals surface area (Å²) >= 11 is 0. The minimum Gasteiger partial charge on any atom is -0.466 e. The molecule has 0 aromatic carbocycles. The van der Waals surface area contributed by atoms with Crippen molar-refractivity contribution in [2.24, 2.45) is 0 Å². The molecule has 1 unspecified atom stereocenters. The number of furan rings is 1. The maximum absolute atomic E-state index is 10.0. The fraction of sp³-hybridized carbons (Fsp3) is 0.182. The SMILES string of the molecule is Cc1ccoc1C(O)c1cnccc1N. The molecule has 2 heterocycles. The van der Waals surface area contributed by atoms with Crippen molar-refractivity contribution >= 4 is 5.69 Å². The van der Waals surface area contributed by atoms with Crippen molar-refractivity contribution in [3.05, 3.63) is 47.7 Å². The molecule has 2 aromatic heterocycles. The zero-order valence-electron chi connectivity index (χ0n) is 8.34. The maximum Gasteiger partial charge on any atom is 0.140 e. The highest BCUT2D eigenvalue weighted by atomic mass is 16.4. The van der Waals surface area contributed by atoms with Crippen LogP contribution in [0.4, 0.5) is 5.69 Å². The number of aliphatic hydroxyl groups excluding tert-OH is 1. The van der Waals surface area contributed by atoms with Crippen molar-refractivity contribution in [1.29, 1.82) is 0 Å². The monoisotopic (exact) mass is 204 g/mol. The van der Waals surface area contributed by atoms with Crippen molar-refractivity contribution in [3.8, 4) is 0 Å². The highest BCUT2D eigenvalue weighted by Crippen LogP contribution is 2.28. The van der Waals surface area contributed by atoms with Crippen molar-refractivity contribution in [2.75, 3.05) is 5.73 Å². The molecule has 0 radical (unpaired) electrons. The Morgan fingerprint density at radius 3 is 2.87 bits per heavy atom. The molecule has 15 heavy (non-hydrogen) atoms. The van der Waals surface area contributed by atoms with E-state index in [1.807, 2.05) is 6.92 Å². The first kappa shape index (κ1) is 9.73. The van der Waals surface area contributed by atoms with Crippen molar-refractivity contribution < 1.29 is 9.52 Å². The van der Waals surface area contributed by atoms with Gasteiger partial charge in [-0.25, -0.2) is 0 Å². The second-order valence-electron chi connectivity index (χ2n) is 3.37. The highest BCUT2D eigenvalue weighted by molar-refractivity contribution is 5.48. The van der Waals surface area contributed by atoms with Gasteiger partial charge in [0, 0.05) is 23.6 Å². The Morgan fingerprint density at radius 2 is 2.27 bits per heavy atom. The summed E-state index contributed by atoms with van der Waals surface area (Å²) in [5.74, 6) is 0.509. The topological polar surface area (TPSA) is 72.3 Å². The molecule has 4 heteroatoms. The molecule has 78 valence electrons. The largest absolute Gasteiger partial charge is 0.466 e. The van der Waals surface area contributed by atoms with Gasteiger partial charge in [-0.2, -0.15) is 0 Å². The first-order valence-corrected chi connectivity index (χ1v) is 4.61. The quantitative estimate of drug-likeness (QED) is 0.780. The van der Waals surface area contributed by atoms with E-state index in [1.165, 1.54) is 0 Å². The van der Waals surface area contributed by atoms with E-state index in [0.29, 0.717) is 17.0 Å². The van der Waals surface area contributed by atoms with E-state index < -0.39 is 6.10 Å². The van der Waals surface area contributed by atoms with Gasteiger partial charge in [-0.05, 0) is 24.6 Å². The maximum atomic E-state index is 10.0. The molecule has 0 saturated carbocycles. The normalized spacial score (nSPS) is 12.7. The number of hydrogen-bond donors (Lipinski definition) is 2. The van der Waals surface area contributed by atoms with Crippen LogP contribution in [0.15, 0.2) is 35.2 Å². The average Bonchev–Trinajstić information content (AvgIpc) is 2.64. The van der Waals surface area contributed by atoms with Crippen molar-refractivity contribution in [1.82, 2.24) is 4.98 Å². The molecule has 0 fully saturated rings. The molecule has 0 aliphatic rings. The number of nitrogens with two attached hydrogens (primary N) is 1. The van der Waals surface area contributed by atoms with E-state index in [2.05, 4.69) is 4.98 Å². The van der Waals surface area contributed by atoms with Crippen LogP contribution in [0.1, 0.15) is 23.0 Å². The predicted molar refractivity (Wildman–Crippen MR) is 56.2 cm³/mol. The molecular weight excluding hydrogens is 192 g/mol. The Bertz CT molecular complexity index is 465. The number of aryl methyl sites for hydroxylation is 1. The van der Waals surface area contributed by atoms with Crippen LogP contribution in [0.3, 0.4) is 0 Å². The predicted octanol–water partition coefficient (Wildman–Crippen LogP) is 1.65. The average molecular weight is 204 g/mol. The lowest BCUT2D eigenvalue weighted by Gasteiger charge is -2.11. The third kappa shape index (κ3) is 1.71. The fourth-order valence-electron chi connectivity index (χ4n) is 1.45. The molecule has 0 spiro atoms. The Balaban J connectivity index is 2.41. The van der Waals surface area contributed by atoms with E-state index in [0.717, 1.165) is 5.56 Å². The van der Waals surface area contributed by atoms with E-state index in [1.54, 1.807) is 30.8 Å². The van der Waals surface area contributed by atoms with E-state index in [-0.39, 0.29) is 0 Å². The minimum atomic E-state index is -0.853. The summed E-state index contributed by atoms with van der Waals surface area (Å²) in [7, 11) is 0. The van der Waals surface area contributed by atoms with E-state index in [9.17, 15) is 5.11 Å². The standard InChI is InChI=1S/C11H12N2O2/c1-7-3-5-15-11(7)10(14)8-6-13-4-2-9(8)12/h2-6,10,14H,1H3,(H2,12,13). The Kier molecular flexibility index (Phi) is 2.43. The summed E-state index contributed by atoms with van der Waals surface area (Å²) in [5, 5.41) is 10.0. The Labute approximate surface area is 87.4 Å². The number of rotatable bonds is 2. The third-order valence-electron chi connectivity index (χ3n) is 2.33. The summed E-state index contributed by atoms with van der Waals surface area (Å²) in [4.78, 5) is 3.92. The van der Waals surface area contributed by atoms with Gasteiger partial charge in [-0.1, -0.05) is 0 Å². The number of hydrogen-bond acceptors (Lipinski definition) is 4. The highest BCUT2D eigenvalue weighted by Gasteiger charge is 2.18. The van der Waals surface area contributed by atoms with Crippen LogP contribution in [-0.4, -0.2) is 10.1 Å². The molecule has 0 saturated heterocycles. The van der Waals surface area contributed by atoms with Crippen molar-refractivity contribution in [2.45, 2.75) is 13.0 Å². The molecule has 0 bridgehead atoms. The van der Waals surface area contributed by atoms with Gasteiger partial charge in [0.2, 0.25) is 0 Å². The number of anilines is 1. The second-order valence-corrected chi connectivity index (χ2v) is 3.37. The Hall–Kier alpha value is -1.81. The molecule has 0 amide bonds. The molecule has 4 nitrogen and oxygen atoms in total. The zero-order valence-corrected chi connectivity index (χ0v) is 8.34. The van der Waals surface area contributed by atoms with Crippen LogP contribution >= 0.6 is 0 Å². The van der Waals surface area contributed by atoms with Crippen LogP contribution < -0.4 is 5.73 Å². The van der Waals surface area contributed by atoms with Crippen molar-refractivity contribution in [3.63, 3.8) is 0 Å². The van der Waals surface area contributed by atoms with Gasteiger partial charge in [0.05, 0.1) is 6.26 Å². The van der Waals surface area contributed by atoms with Gasteiger partial charge in [-0.15, -0.1) is 0 Å². The summed E-state index contributed by atoms with van der Waals surface area (Å²) in [6.45, 7) is 1.87. The van der Waals surface area contributed by atoms with Crippen LogP contribution in [0.5, 0.6) is 0 Å². The molecular formula is C11H12N2O2. The summed E-state index contributed by atoms with van der Waals surface area (Å²) < 4.78 is 5.20. The Morgan fingerprint density at radius 1 is 1.47 bits per heavy atom. The van der Waals surface area contributed by atoms with Gasteiger partial charge >= 0.3 is 0 Å². The minimum absolute atomic E-state index is 0.508. The number of aliphatic hydroxyl groups is 1. The lowest BCUT2D eigenvalue weighted by Crippen LogP contribution is -2.04. The zero-order chi connectivity index (χ0) is 10.8. The van der Waals surface area contributed by atoms with E-state index in [4.69, 9.17) is 10.2 Å². The van der Waals surface area contributed by atoms with Gasteiger partial charge < -0.3 is 15.3 Å². The number of nitrogens with zero attached hydrogens (tertiary/aromatic N) is 1. The molecule has 2 rings (SSSR count). The smallest absolute Gasteiger partial charge is 0.140 e. The van der Waals surface area contributed by atoms with Crippen LogP contribution in [-0.2, 0) is 0 Å². The molecule has 3 N–H and O–H groups in total. The summed E-state index contributed by atoms with van der Waals surface area (Å²) in [6, 6.07) is 3.45. The van der Waals surface area contributed by atoms with Gasteiger partial charge in [0.15, 0.2) is 0 Å².